The molecule has 1 fully saturated rings. The van der Waals surface area contributed by atoms with Crippen molar-refractivity contribution in [3.8, 4) is 0 Å². The predicted octanol–water partition coefficient (Wildman–Crippen LogP) is -3.46. The van der Waals surface area contributed by atoms with Gasteiger partial charge in [-0.25, -0.2) is 0 Å². The SMILES string of the molecule is C=O.O=C1CCCN1.[Mg+2].[Na+].[O-2].[O-]SO. The largest absolute Gasteiger partial charge is 2.00 e. The van der Waals surface area contributed by atoms with Crippen LogP contribution in [-0.2, 0) is 15.1 Å². The van der Waals surface area contributed by atoms with Gasteiger partial charge in [0.15, 0.2) is 0 Å². The Kier molecular flexibility index (Phi) is 61.5. The molecular formula is C5H10MgNNaO5S. The summed E-state index contributed by atoms with van der Waals surface area (Å²) in [4.78, 5) is 18.1. The van der Waals surface area contributed by atoms with Gasteiger partial charge in [-0.1, -0.05) is 0 Å². The van der Waals surface area contributed by atoms with Crippen molar-refractivity contribution < 1.29 is 53.7 Å². The van der Waals surface area contributed by atoms with Crippen molar-refractivity contribution >= 4 is 48.1 Å². The molecule has 0 unspecified atom stereocenters. The molecule has 0 aromatic carbocycles. The molecule has 6 nitrogen and oxygen atoms in total. The first-order valence-electron chi connectivity index (χ1n) is 2.80. The Morgan fingerprint density at radius 3 is 1.93 bits per heavy atom. The van der Waals surface area contributed by atoms with E-state index in [2.05, 4.69) is 5.32 Å². The Hall–Kier alpha value is 1.14. The first kappa shape index (κ1) is 29.4. The quantitative estimate of drug-likeness (QED) is 0.339. The molecule has 1 rings (SSSR count). The van der Waals surface area contributed by atoms with Crippen LogP contribution in [0.25, 0.3) is 0 Å². The number of rotatable bonds is 0. The minimum Gasteiger partial charge on any atom is -2.00 e. The second-order valence-corrected chi connectivity index (χ2v) is 1.68. The first-order valence-corrected chi connectivity index (χ1v) is 3.50. The standard InChI is InChI=1S/C4H7NO.CH2O.Mg.Na.H2O2S.O/c6-4-2-1-3-5-4;1-2;;;1-3-2;/h1-3H2,(H,5,6);1H2;;;1-2H;/q;;+2;+1;;-2/p-1. The summed E-state index contributed by atoms with van der Waals surface area (Å²) in [6, 6.07) is 0. The van der Waals surface area contributed by atoms with E-state index in [-0.39, 0.29) is 64.0 Å². The van der Waals surface area contributed by atoms with E-state index in [1.807, 2.05) is 6.79 Å². The van der Waals surface area contributed by atoms with Crippen molar-refractivity contribution in [2.24, 2.45) is 0 Å². The van der Waals surface area contributed by atoms with Crippen LogP contribution < -0.4 is 34.9 Å². The van der Waals surface area contributed by atoms with Crippen molar-refractivity contribution in [3.05, 3.63) is 0 Å². The van der Waals surface area contributed by atoms with Crippen LogP contribution in [-0.4, -0.2) is 51.4 Å². The molecule has 2 N–H and O–H groups in total. The van der Waals surface area contributed by atoms with E-state index in [0.29, 0.717) is 0 Å². The molecule has 1 amide bonds. The molecule has 0 spiro atoms. The summed E-state index contributed by atoms with van der Waals surface area (Å²) in [5, 5.41) is 2.68. The van der Waals surface area contributed by atoms with Gasteiger partial charge in [0, 0.05) is 13.0 Å². The third-order valence-corrected chi connectivity index (χ3v) is 0.903. The number of hydrogen-bond donors (Lipinski definition) is 2. The Labute approximate surface area is 125 Å². The number of amides is 1. The fraction of sp³-hybridized carbons (Fsp3) is 0.600. The molecule has 0 atom stereocenters. The van der Waals surface area contributed by atoms with Crippen LogP contribution in [0.5, 0.6) is 0 Å². The van der Waals surface area contributed by atoms with Gasteiger partial charge in [-0.2, -0.15) is 0 Å². The van der Waals surface area contributed by atoms with E-state index in [1.54, 1.807) is 0 Å². The van der Waals surface area contributed by atoms with Crippen LogP contribution in [0.15, 0.2) is 0 Å². The number of carbonyl (C=O) groups is 2. The maximum Gasteiger partial charge on any atom is 2.00 e. The molecule has 9 heteroatoms. The molecule has 0 aromatic rings. The van der Waals surface area contributed by atoms with E-state index in [9.17, 15) is 4.79 Å². The number of nitrogens with one attached hydrogen (secondary N) is 1. The molecule has 1 aliphatic rings. The fourth-order valence-electron chi connectivity index (χ4n) is 0.565. The van der Waals surface area contributed by atoms with Gasteiger partial charge in [0.05, 0.1) is 0 Å². The van der Waals surface area contributed by atoms with Crippen LogP contribution in [0, 0.1) is 0 Å². The monoisotopic (exact) mass is 243 g/mol. The van der Waals surface area contributed by atoms with E-state index in [4.69, 9.17) is 13.9 Å². The molecule has 1 aliphatic heterocycles. The zero-order valence-electron chi connectivity index (χ0n) is 8.02. The number of carbonyl (C=O) groups excluding carboxylic acids is 2. The Bertz CT molecular complexity index is 104. The maximum atomic E-state index is 10.1. The summed E-state index contributed by atoms with van der Waals surface area (Å²) < 4.78 is 15.3. The second-order valence-electron chi connectivity index (χ2n) is 1.53. The maximum absolute atomic E-state index is 10.1. The van der Waals surface area contributed by atoms with Gasteiger partial charge in [0.2, 0.25) is 5.91 Å². The van der Waals surface area contributed by atoms with Crippen molar-refractivity contribution in [2.45, 2.75) is 12.8 Å². The summed E-state index contributed by atoms with van der Waals surface area (Å²) in [7, 11) is 0. The van der Waals surface area contributed by atoms with Gasteiger partial charge in [-0.3, -0.25) is 4.79 Å². The van der Waals surface area contributed by atoms with Crippen LogP contribution in [0.2, 0.25) is 0 Å². The molecule has 0 saturated carbocycles. The Balaban J connectivity index is -0.0000000305. The van der Waals surface area contributed by atoms with Crippen LogP contribution >= 0.6 is 12.3 Å². The molecular weight excluding hydrogens is 233 g/mol. The van der Waals surface area contributed by atoms with Gasteiger partial charge in [-0.15, -0.1) is 12.3 Å². The third kappa shape index (κ3) is 29.2. The molecule has 0 bridgehead atoms. The topological polar surface area (TPSA) is 118 Å². The zero-order chi connectivity index (χ0) is 9.11. The van der Waals surface area contributed by atoms with Gasteiger partial charge in [-0.05, 0) is 6.42 Å². The van der Waals surface area contributed by atoms with Crippen LogP contribution in [0.4, 0.5) is 0 Å². The molecule has 0 aliphatic carbocycles. The summed E-state index contributed by atoms with van der Waals surface area (Å²) in [5.74, 6) is 0.204. The number of hydrogen-bond acceptors (Lipinski definition) is 5. The molecule has 1 heterocycles. The van der Waals surface area contributed by atoms with Gasteiger partial charge in [0.1, 0.15) is 6.79 Å². The summed E-state index contributed by atoms with van der Waals surface area (Å²) in [6.45, 7) is 2.89. The van der Waals surface area contributed by atoms with Crippen molar-refractivity contribution in [3.63, 3.8) is 0 Å². The van der Waals surface area contributed by atoms with E-state index in [0.717, 1.165) is 19.4 Å². The fourth-order valence-corrected chi connectivity index (χ4v) is 0.565. The minimum atomic E-state index is -0.500. The molecule has 0 radical (unpaired) electrons. The van der Waals surface area contributed by atoms with Gasteiger partial charge >= 0.3 is 52.6 Å². The van der Waals surface area contributed by atoms with Crippen molar-refractivity contribution in [1.82, 2.24) is 5.32 Å². The first-order chi connectivity index (χ1) is 5.31. The van der Waals surface area contributed by atoms with Crippen LogP contribution in [0.3, 0.4) is 0 Å². The van der Waals surface area contributed by atoms with E-state index in [1.165, 1.54) is 0 Å². The van der Waals surface area contributed by atoms with E-state index < -0.39 is 12.3 Å². The summed E-state index contributed by atoms with van der Waals surface area (Å²) >= 11 is -0.500. The predicted molar refractivity (Wildman–Crippen MR) is 46.8 cm³/mol. The molecule has 14 heavy (non-hydrogen) atoms. The summed E-state index contributed by atoms with van der Waals surface area (Å²) in [6.07, 6.45) is 1.76. The average molecular weight is 243 g/mol. The third-order valence-electron chi connectivity index (χ3n) is 0.903. The average Bonchev–Trinajstić information content (AvgIpc) is 2.46. The minimum absolute atomic E-state index is 0. The smallest absolute Gasteiger partial charge is 2.00 e. The second kappa shape index (κ2) is 29.2. The Morgan fingerprint density at radius 1 is 1.50 bits per heavy atom. The van der Waals surface area contributed by atoms with E-state index >= 15 is 0 Å². The zero-order valence-corrected chi connectivity index (χ0v) is 12.3. The van der Waals surface area contributed by atoms with Gasteiger partial charge in [0.25, 0.3) is 0 Å². The molecule has 1 saturated heterocycles. The van der Waals surface area contributed by atoms with Crippen LogP contribution in [0.1, 0.15) is 12.8 Å². The van der Waals surface area contributed by atoms with Crippen molar-refractivity contribution in [1.29, 1.82) is 0 Å². The van der Waals surface area contributed by atoms with Crippen molar-refractivity contribution in [2.75, 3.05) is 6.54 Å². The van der Waals surface area contributed by atoms with Gasteiger partial charge < -0.3 is 24.7 Å². The molecule has 74 valence electrons. The normalized spacial score (nSPS) is 10.6. The molecule has 0 aromatic heterocycles. The summed E-state index contributed by atoms with van der Waals surface area (Å²) in [5.41, 5.74) is 0. The Morgan fingerprint density at radius 2 is 1.86 bits per heavy atom.